The van der Waals surface area contributed by atoms with Crippen LogP contribution in [0.3, 0.4) is 0 Å². The Labute approximate surface area is 230 Å². The molecule has 0 atom stereocenters. The average Bonchev–Trinajstić information content (AvgIpc) is 3.55. The molecule has 0 spiro atoms. The monoisotopic (exact) mass is 512 g/mol. The molecule has 0 unspecified atom stereocenters. The lowest BCUT2D eigenvalue weighted by molar-refractivity contribution is 1.31. The number of rotatable bonds is 4. The molecule has 0 aliphatic rings. The molecule has 8 rings (SSSR count). The molecule has 0 saturated carbocycles. The van der Waals surface area contributed by atoms with Crippen molar-refractivity contribution < 1.29 is 0 Å². The first-order valence-corrected chi connectivity index (χ1v) is 13.4. The van der Waals surface area contributed by atoms with Gasteiger partial charge < -0.3 is 10.4 Å². The molecular weight excluding hydrogens is 488 g/mol. The largest absolute Gasteiger partial charge is 0.355 e. The molecule has 6 aromatic carbocycles. The van der Waals surface area contributed by atoms with Crippen molar-refractivity contribution in [1.82, 2.24) is 9.55 Å². The summed E-state index contributed by atoms with van der Waals surface area (Å²) in [5.74, 6) is 0. The maximum absolute atomic E-state index is 7.99. The van der Waals surface area contributed by atoms with E-state index < -0.39 is 0 Å². The normalized spacial score (nSPS) is 12.0. The van der Waals surface area contributed by atoms with E-state index in [1.54, 1.807) is 0 Å². The van der Waals surface area contributed by atoms with Crippen LogP contribution in [-0.2, 0) is 0 Å². The summed E-state index contributed by atoms with van der Waals surface area (Å²) in [5.41, 5.74) is 8.46. The SMILES string of the molecule is N=Cc1ccc2ccccc2c1N=Cn1c2ccccc2c2c(-c3ccc4[nH]c5ccccc5c4c3)cccc21. The first-order chi connectivity index (χ1) is 19.8. The second kappa shape index (κ2) is 8.79. The Morgan fingerprint density at radius 2 is 1.38 bits per heavy atom. The summed E-state index contributed by atoms with van der Waals surface area (Å²) in [6, 6.07) is 42.4. The summed E-state index contributed by atoms with van der Waals surface area (Å²) < 4.78 is 2.17. The molecular formula is C36H24N4. The van der Waals surface area contributed by atoms with Crippen LogP contribution < -0.4 is 0 Å². The molecule has 0 aliphatic carbocycles. The number of hydrogen-bond acceptors (Lipinski definition) is 2. The van der Waals surface area contributed by atoms with E-state index in [1.807, 2.05) is 30.6 Å². The molecule has 0 fully saturated rings. The summed E-state index contributed by atoms with van der Waals surface area (Å²) in [6.45, 7) is 0. The van der Waals surface area contributed by atoms with Gasteiger partial charge in [0.25, 0.3) is 0 Å². The topological polar surface area (TPSA) is 56.9 Å². The fourth-order valence-corrected chi connectivity index (χ4v) is 6.08. The van der Waals surface area contributed by atoms with E-state index >= 15 is 0 Å². The highest BCUT2D eigenvalue weighted by Crippen LogP contribution is 2.38. The van der Waals surface area contributed by atoms with Gasteiger partial charge in [-0.3, -0.25) is 4.57 Å². The molecule has 4 nitrogen and oxygen atoms in total. The third-order valence-electron chi connectivity index (χ3n) is 7.94. The number of nitrogens with zero attached hydrogens (tertiary/aromatic N) is 2. The van der Waals surface area contributed by atoms with Crippen molar-refractivity contribution in [3.8, 4) is 11.1 Å². The third-order valence-corrected chi connectivity index (χ3v) is 7.94. The van der Waals surface area contributed by atoms with Crippen molar-refractivity contribution in [2.24, 2.45) is 4.99 Å². The Kier molecular flexibility index (Phi) is 4.94. The first kappa shape index (κ1) is 22.5. The van der Waals surface area contributed by atoms with Gasteiger partial charge in [0.05, 0.1) is 16.7 Å². The number of benzene rings is 6. The quantitative estimate of drug-likeness (QED) is 0.174. The molecule has 0 aliphatic heterocycles. The van der Waals surface area contributed by atoms with Gasteiger partial charge in [-0.05, 0) is 46.8 Å². The minimum Gasteiger partial charge on any atom is -0.355 e. The number of para-hydroxylation sites is 2. The van der Waals surface area contributed by atoms with Crippen LogP contribution in [-0.4, -0.2) is 22.1 Å². The number of aromatic nitrogens is 2. The molecule has 0 bridgehead atoms. The fraction of sp³-hybridized carbons (Fsp3) is 0. The number of hydrogen-bond donors (Lipinski definition) is 2. The van der Waals surface area contributed by atoms with E-state index in [9.17, 15) is 0 Å². The lowest BCUT2D eigenvalue weighted by atomic mass is 9.98. The molecule has 188 valence electrons. The van der Waals surface area contributed by atoms with Crippen LogP contribution >= 0.6 is 0 Å². The van der Waals surface area contributed by atoms with Gasteiger partial charge in [-0.1, -0.05) is 91.0 Å². The van der Waals surface area contributed by atoms with Crippen molar-refractivity contribution in [3.63, 3.8) is 0 Å². The van der Waals surface area contributed by atoms with Crippen LogP contribution in [0.25, 0.3) is 65.5 Å². The van der Waals surface area contributed by atoms with Gasteiger partial charge in [0.15, 0.2) is 0 Å². The second-order valence-electron chi connectivity index (χ2n) is 10.1. The number of aliphatic imine (C=N–C) groups is 1. The van der Waals surface area contributed by atoms with Gasteiger partial charge >= 0.3 is 0 Å². The number of aromatic amines is 1. The van der Waals surface area contributed by atoms with Gasteiger partial charge in [0.1, 0.15) is 6.34 Å². The maximum Gasteiger partial charge on any atom is 0.100 e. The first-order valence-electron chi connectivity index (χ1n) is 13.4. The van der Waals surface area contributed by atoms with Crippen LogP contribution in [0.1, 0.15) is 5.56 Å². The van der Waals surface area contributed by atoms with Crippen LogP contribution in [0.5, 0.6) is 0 Å². The zero-order valence-corrected chi connectivity index (χ0v) is 21.6. The molecule has 2 heterocycles. The minimum absolute atomic E-state index is 0.795. The van der Waals surface area contributed by atoms with Crippen LogP contribution in [0.2, 0.25) is 0 Å². The van der Waals surface area contributed by atoms with Gasteiger partial charge in [-0.15, -0.1) is 0 Å². The Morgan fingerprint density at radius 1 is 0.625 bits per heavy atom. The van der Waals surface area contributed by atoms with Gasteiger partial charge in [-0.25, -0.2) is 4.99 Å². The Morgan fingerprint density at radius 3 is 2.27 bits per heavy atom. The second-order valence-corrected chi connectivity index (χ2v) is 10.1. The average molecular weight is 513 g/mol. The van der Waals surface area contributed by atoms with Gasteiger partial charge in [0, 0.05) is 49.7 Å². The van der Waals surface area contributed by atoms with Crippen molar-refractivity contribution in [1.29, 1.82) is 5.41 Å². The van der Waals surface area contributed by atoms with Crippen LogP contribution in [0.15, 0.2) is 126 Å². The lowest BCUT2D eigenvalue weighted by Gasteiger charge is -2.07. The zero-order valence-electron chi connectivity index (χ0n) is 21.6. The van der Waals surface area contributed by atoms with E-state index in [0.29, 0.717) is 0 Å². The highest BCUT2D eigenvalue weighted by molar-refractivity contribution is 6.18. The highest BCUT2D eigenvalue weighted by atomic mass is 15.0. The van der Waals surface area contributed by atoms with E-state index in [2.05, 4.69) is 107 Å². The van der Waals surface area contributed by atoms with Gasteiger partial charge in [0.2, 0.25) is 0 Å². The summed E-state index contributed by atoms with van der Waals surface area (Å²) in [7, 11) is 0. The molecule has 2 aromatic heterocycles. The van der Waals surface area contributed by atoms with Crippen molar-refractivity contribution in [2.75, 3.05) is 0 Å². The highest BCUT2D eigenvalue weighted by Gasteiger charge is 2.15. The molecule has 2 N–H and O–H groups in total. The van der Waals surface area contributed by atoms with Crippen LogP contribution in [0, 0.1) is 5.41 Å². The minimum atomic E-state index is 0.795. The molecule has 0 saturated heterocycles. The summed E-state index contributed by atoms with van der Waals surface area (Å²) >= 11 is 0. The van der Waals surface area contributed by atoms with Crippen molar-refractivity contribution in [3.05, 3.63) is 127 Å². The number of fused-ring (bicyclic) bond motifs is 7. The Balaban J connectivity index is 1.37. The van der Waals surface area contributed by atoms with Crippen molar-refractivity contribution >= 4 is 72.6 Å². The van der Waals surface area contributed by atoms with Crippen molar-refractivity contribution in [2.45, 2.75) is 0 Å². The summed E-state index contributed by atoms with van der Waals surface area (Å²) in [6.07, 6.45) is 3.29. The predicted octanol–water partition coefficient (Wildman–Crippen LogP) is 9.45. The summed E-state index contributed by atoms with van der Waals surface area (Å²) in [4.78, 5) is 8.55. The van der Waals surface area contributed by atoms with Gasteiger partial charge in [-0.2, -0.15) is 0 Å². The smallest absolute Gasteiger partial charge is 0.100 e. The Hall–Kier alpha value is -5.48. The lowest BCUT2D eigenvalue weighted by Crippen LogP contribution is -1.95. The van der Waals surface area contributed by atoms with E-state index in [0.717, 1.165) is 44.1 Å². The third kappa shape index (κ3) is 3.33. The van der Waals surface area contributed by atoms with Crippen LogP contribution in [0.4, 0.5) is 5.69 Å². The maximum atomic E-state index is 7.99. The van der Waals surface area contributed by atoms with E-state index in [-0.39, 0.29) is 0 Å². The fourth-order valence-electron chi connectivity index (χ4n) is 6.08. The molecule has 0 amide bonds. The number of H-pyrrole nitrogens is 1. The standard InChI is InChI=1S/C36H24N4/c37-21-25-17-16-23-8-1-2-9-27(23)36(25)38-22-40-33-14-6-4-11-29(33)35-26(12-7-15-34(35)40)24-18-19-32-30(20-24)28-10-3-5-13-31(28)39-32/h1-22,37,39H. The van der Waals surface area contributed by atoms with E-state index in [1.165, 1.54) is 38.9 Å². The van der Waals surface area contributed by atoms with E-state index in [4.69, 9.17) is 10.4 Å². The molecule has 0 radical (unpaired) electrons. The number of nitrogens with one attached hydrogen (secondary N) is 2. The molecule has 40 heavy (non-hydrogen) atoms. The molecule has 4 heteroatoms. The Bertz CT molecular complexity index is 2300. The summed E-state index contributed by atoms with van der Waals surface area (Å²) in [5, 5.41) is 15.0. The molecule has 8 aromatic rings. The zero-order chi connectivity index (χ0) is 26.6. The predicted molar refractivity (Wildman–Crippen MR) is 170 cm³/mol.